The maximum atomic E-state index is 13.2. The number of aliphatic hydroxyl groups excluding tert-OH is 1. The van der Waals surface area contributed by atoms with Crippen LogP contribution in [0.5, 0.6) is 0 Å². The van der Waals surface area contributed by atoms with Crippen molar-refractivity contribution in [1.29, 1.82) is 0 Å². The van der Waals surface area contributed by atoms with Crippen LogP contribution in [0.25, 0.3) is 0 Å². The molecule has 3 atom stereocenters. The highest BCUT2D eigenvalue weighted by Crippen LogP contribution is 2.35. The summed E-state index contributed by atoms with van der Waals surface area (Å²) < 4.78 is 1.63. The van der Waals surface area contributed by atoms with Gasteiger partial charge < -0.3 is 15.3 Å². The summed E-state index contributed by atoms with van der Waals surface area (Å²) in [4.78, 5) is 26.8. The van der Waals surface area contributed by atoms with Gasteiger partial charge in [-0.15, -0.1) is 5.10 Å². The predicted octanol–water partition coefficient (Wildman–Crippen LogP) is 0.450. The quantitative estimate of drug-likeness (QED) is 0.804. The van der Waals surface area contributed by atoms with Gasteiger partial charge in [-0.1, -0.05) is 25.5 Å². The van der Waals surface area contributed by atoms with Gasteiger partial charge in [0.15, 0.2) is 0 Å². The van der Waals surface area contributed by atoms with Crippen molar-refractivity contribution in [2.45, 2.75) is 63.6 Å². The first-order valence-corrected chi connectivity index (χ1v) is 9.04. The van der Waals surface area contributed by atoms with Gasteiger partial charge >= 0.3 is 0 Å². The van der Waals surface area contributed by atoms with Crippen molar-refractivity contribution in [3.05, 3.63) is 11.9 Å². The number of β-amino-alcohol motifs (C(OH)–C–C–N with tert-alkyl or cyclic N) is 1. The summed E-state index contributed by atoms with van der Waals surface area (Å²) >= 11 is 0. The number of carbonyl (C=O) groups is 2. The van der Waals surface area contributed by atoms with Crippen LogP contribution in [-0.2, 0) is 9.59 Å². The first kappa shape index (κ1) is 17.8. The van der Waals surface area contributed by atoms with Crippen molar-refractivity contribution in [2.75, 3.05) is 13.6 Å². The molecule has 0 bridgehead atoms. The van der Waals surface area contributed by atoms with E-state index in [-0.39, 0.29) is 30.7 Å². The van der Waals surface area contributed by atoms with Crippen molar-refractivity contribution in [3.8, 4) is 0 Å². The second-order valence-electron chi connectivity index (χ2n) is 7.45. The van der Waals surface area contributed by atoms with Crippen LogP contribution in [0.1, 0.15) is 57.2 Å². The summed E-state index contributed by atoms with van der Waals surface area (Å²) in [5, 5.41) is 21.0. The number of rotatable bonds is 5. The van der Waals surface area contributed by atoms with E-state index in [0.717, 1.165) is 18.5 Å². The molecule has 1 aromatic rings. The first-order chi connectivity index (χ1) is 11.9. The molecule has 2 fully saturated rings. The molecule has 8 heteroatoms. The summed E-state index contributed by atoms with van der Waals surface area (Å²) in [6.07, 6.45) is 4.91. The normalized spacial score (nSPS) is 25.1. The summed E-state index contributed by atoms with van der Waals surface area (Å²) in [5.41, 5.74) is 0.939. The van der Waals surface area contributed by atoms with E-state index in [2.05, 4.69) is 15.6 Å². The van der Waals surface area contributed by atoms with Crippen molar-refractivity contribution < 1.29 is 14.7 Å². The van der Waals surface area contributed by atoms with E-state index in [1.54, 1.807) is 4.68 Å². The zero-order valence-electron chi connectivity index (χ0n) is 15.1. The van der Waals surface area contributed by atoms with Crippen LogP contribution in [0.4, 0.5) is 0 Å². The average molecular weight is 349 g/mol. The molecule has 0 radical (unpaired) electrons. The molecular formula is C17H27N5O3. The average Bonchev–Trinajstić information content (AvgIpc) is 3.11. The molecule has 3 rings (SSSR count). The summed E-state index contributed by atoms with van der Waals surface area (Å²) in [6, 6.07) is -1.16. The number of hydrogen-bond acceptors (Lipinski definition) is 5. The van der Waals surface area contributed by atoms with Crippen LogP contribution in [-0.4, -0.2) is 62.6 Å². The Morgan fingerprint density at radius 2 is 2.08 bits per heavy atom. The maximum Gasteiger partial charge on any atom is 0.248 e. The fourth-order valence-corrected chi connectivity index (χ4v) is 3.66. The zero-order chi connectivity index (χ0) is 18.1. The van der Waals surface area contributed by atoms with Crippen LogP contribution in [0.15, 0.2) is 6.20 Å². The van der Waals surface area contributed by atoms with Gasteiger partial charge in [-0.05, 0) is 18.8 Å². The minimum atomic E-state index is -0.680. The van der Waals surface area contributed by atoms with E-state index >= 15 is 0 Å². The standard InChI is InChI=1S/C17H27N5O3/c1-10(2)15(22-9-13(19-20-22)11-5-4-6-11)17(25)21-8-12(23)7-14(21)16(24)18-3/h9-12,14-15,23H,4-8H2,1-3H3,(H,18,24)/t12-,14+,15+/m1/s1. The minimum absolute atomic E-state index is 0.00785. The molecule has 0 unspecified atom stereocenters. The van der Waals surface area contributed by atoms with Crippen LogP contribution in [0.3, 0.4) is 0 Å². The molecule has 2 aliphatic rings. The Hall–Kier alpha value is -1.96. The lowest BCUT2D eigenvalue weighted by molar-refractivity contribution is -0.142. The van der Waals surface area contributed by atoms with E-state index in [1.165, 1.54) is 18.4 Å². The second-order valence-corrected chi connectivity index (χ2v) is 7.45. The molecule has 1 aliphatic heterocycles. The number of likely N-dealkylation sites (N-methyl/N-ethyl adjacent to an activating group) is 1. The molecule has 1 aliphatic carbocycles. The van der Waals surface area contributed by atoms with Gasteiger partial charge in [0.05, 0.1) is 11.8 Å². The third kappa shape index (κ3) is 3.40. The number of aliphatic hydroxyl groups is 1. The minimum Gasteiger partial charge on any atom is -0.391 e. The fraction of sp³-hybridized carbons (Fsp3) is 0.765. The Bertz CT molecular complexity index is 640. The van der Waals surface area contributed by atoms with E-state index < -0.39 is 18.2 Å². The van der Waals surface area contributed by atoms with Crippen molar-refractivity contribution in [3.63, 3.8) is 0 Å². The zero-order valence-corrected chi connectivity index (χ0v) is 15.1. The Morgan fingerprint density at radius 3 is 2.64 bits per heavy atom. The van der Waals surface area contributed by atoms with Gasteiger partial charge in [0, 0.05) is 32.1 Å². The van der Waals surface area contributed by atoms with E-state index in [0.29, 0.717) is 5.92 Å². The SMILES string of the molecule is CNC(=O)[C@@H]1C[C@@H](O)CN1C(=O)[C@H](C(C)C)n1cc(C2CCC2)nn1. The lowest BCUT2D eigenvalue weighted by Crippen LogP contribution is -2.48. The van der Waals surface area contributed by atoms with Gasteiger partial charge in [0.2, 0.25) is 11.8 Å². The number of hydrogen-bond donors (Lipinski definition) is 2. The lowest BCUT2D eigenvalue weighted by Gasteiger charge is -2.29. The molecule has 1 saturated heterocycles. The van der Waals surface area contributed by atoms with Crippen LogP contribution in [0.2, 0.25) is 0 Å². The van der Waals surface area contributed by atoms with Gasteiger partial charge in [-0.2, -0.15) is 0 Å². The molecule has 0 spiro atoms. The molecule has 138 valence electrons. The van der Waals surface area contributed by atoms with Gasteiger partial charge in [-0.25, -0.2) is 4.68 Å². The number of amides is 2. The molecule has 8 nitrogen and oxygen atoms in total. The summed E-state index contributed by atoms with van der Waals surface area (Å²) in [5.74, 6) is 0.00164. The number of nitrogens with zero attached hydrogens (tertiary/aromatic N) is 4. The van der Waals surface area contributed by atoms with Crippen LogP contribution >= 0.6 is 0 Å². The Kier molecular flexibility index (Phi) is 5.08. The molecule has 1 aromatic heterocycles. The van der Waals surface area contributed by atoms with Gasteiger partial charge in [0.25, 0.3) is 0 Å². The maximum absolute atomic E-state index is 13.2. The fourth-order valence-electron chi connectivity index (χ4n) is 3.66. The van der Waals surface area contributed by atoms with Crippen molar-refractivity contribution in [1.82, 2.24) is 25.2 Å². The van der Waals surface area contributed by atoms with Gasteiger partial charge in [0.1, 0.15) is 12.1 Å². The summed E-state index contributed by atoms with van der Waals surface area (Å²) in [6.45, 7) is 4.08. The Balaban J connectivity index is 1.83. The van der Waals surface area contributed by atoms with Crippen molar-refractivity contribution >= 4 is 11.8 Å². The molecule has 2 heterocycles. The Morgan fingerprint density at radius 1 is 1.36 bits per heavy atom. The Labute approximate surface area is 147 Å². The van der Waals surface area contributed by atoms with Crippen LogP contribution < -0.4 is 5.32 Å². The topological polar surface area (TPSA) is 100 Å². The third-order valence-corrected chi connectivity index (χ3v) is 5.33. The highest BCUT2D eigenvalue weighted by atomic mass is 16.3. The second kappa shape index (κ2) is 7.11. The monoisotopic (exact) mass is 349 g/mol. The van der Waals surface area contributed by atoms with E-state index in [1.807, 2.05) is 20.0 Å². The molecule has 0 aromatic carbocycles. The molecule has 1 saturated carbocycles. The highest BCUT2D eigenvalue weighted by Gasteiger charge is 2.42. The molecule has 2 amide bonds. The highest BCUT2D eigenvalue weighted by molar-refractivity contribution is 5.89. The van der Waals surface area contributed by atoms with Gasteiger partial charge in [-0.3, -0.25) is 9.59 Å². The predicted molar refractivity (Wildman–Crippen MR) is 90.7 cm³/mol. The van der Waals surface area contributed by atoms with E-state index in [4.69, 9.17) is 0 Å². The number of carbonyl (C=O) groups excluding carboxylic acids is 2. The number of likely N-dealkylation sites (tertiary alicyclic amines) is 1. The summed E-state index contributed by atoms with van der Waals surface area (Å²) in [7, 11) is 1.54. The van der Waals surface area contributed by atoms with Crippen molar-refractivity contribution in [2.24, 2.45) is 5.92 Å². The molecular weight excluding hydrogens is 322 g/mol. The smallest absolute Gasteiger partial charge is 0.248 e. The third-order valence-electron chi connectivity index (χ3n) is 5.33. The lowest BCUT2D eigenvalue weighted by atomic mass is 9.83. The number of aromatic nitrogens is 3. The first-order valence-electron chi connectivity index (χ1n) is 9.04. The molecule has 2 N–H and O–H groups in total. The number of nitrogens with one attached hydrogen (secondary N) is 1. The van der Waals surface area contributed by atoms with Crippen LogP contribution in [0, 0.1) is 5.92 Å². The van der Waals surface area contributed by atoms with E-state index in [9.17, 15) is 14.7 Å². The largest absolute Gasteiger partial charge is 0.391 e. The molecule has 25 heavy (non-hydrogen) atoms.